The van der Waals surface area contributed by atoms with Crippen LogP contribution in [0.4, 0.5) is 0 Å². The Bertz CT molecular complexity index is 384. The quantitative estimate of drug-likeness (QED) is 0.691. The number of Topliss-reactive ketones (excluding diaryl/α,β-unsaturated/α-hetero) is 1. The molecule has 1 aromatic heterocycles. The summed E-state index contributed by atoms with van der Waals surface area (Å²) >= 11 is 0. The molecule has 1 heterocycles. The molecule has 0 aliphatic heterocycles. The number of hydrogen-bond donors (Lipinski definition) is 0. The Labute approximate surface area is 81.3 Å². The highest BCUT2D eigenvalue weighted by molar-refractivity contribution is 5.75. The first-order chi connectivity index (χ1) is 6.63. The first-order valence-corrected chi connectivity index (χ1v) is 4.25. The van der Waals surface area contributed by atoms with E-state index in [4.69, 9.17) is 4.74 Å². The van der Waals surface area contributed by atoms with Crippen molar-refractivity contribution in [3.8, 4) is 5.88 Å². The van der Waals surface area contributed by atoms with Crippen LogP contribution < -0.4 is 10.3 Å². The minimum absolute atomic E-state index is 0.0292. The van der Waals surface area contributed by atoms with Crippen LogP contribution in [0.3, 0.4) is 0 Å². The van der Waals surface area contributed by atoms with Crippen LogP contribution in [0.25, 0.3) is 0 Å². The third-order valence-electron chi connectivity index (χ3n) is 1.73. The highest BCUT2D eigenvalue weighted by atomic mass is 16.5. The van der Waals surface area contributed by atoms with Gasteiger partial charge in [0.15, 0.2) is 0 Å². The predicted molar refractivity (Wildman–Crippen MR) is 50.3 cm³/mol. The predicted octanol–water partition coefficient (Wildman–Crippen LogP) is 0.231. The van der Waals surface area contributed by atoms with Gasteiger partial charge in [0, 0.05) is 18.6 Å². The van der Waals surface area contributed by atoms with Crippen LogP contribution in [-0.2, 0) is 11.3 Å². The van der Waals surface area contributed by atoms with Crippen molar-refractivity contribution >= 4 is 5.78 Å². The SMILES string of the molecule is COc1ccc(=O)n(CCC(C)=O)n1. The zero-order valence-electron chi connectivity index (χ0n) is 8.19. The van der Waals surface area contributed by atoms with Gasteiger partial charge in [0.25, 0.3) is 5.56 Å². The van der Waals surface area contributed by atoms with Gasteiger partial charge in [-0.25, -0.2) is 4.68 Å². The molecule has 0 bridgehead atoms. The fourth-order valence-corrected chi connectivity index (χ4v) is 0.963. The Balaban J connectivity index is 2.84. The number of ether oxygens (including phenoxy) is 1. The van der Waals surface area contributed by atoms with E-state index >= 15 is 0 Å². The number of aryl methyl sites for hydroxylation is 1. The monoisotopic (exact) mass is 196 g/mol. The summed E-state index contributed by atoms with van der Waals surface area (Å²) in [6, 6.07) is 2.86. The molecule has 1 rings (SSSR count). The average molecular weight is 196 g/mol. The molecule has 14 heavy (non-hydrogen) atoms. The number of rotatable bonds is 4. The molecule has 0 aliphatic rings. The molecule has 1 aromatic rings. The van der Waals surface area contributed by atoms with Crippen molar-refractivity contribution < 1.29 is 9.53 Å². The largest absolute Gasteiger partial charge is 0.480 e. The number of nitrogens with zero attached hydrogens (tertiary/aromatic N) is 2. The number of hydrogen-bond acceptors (Lipinski definition) is 4. The van der Waals surface area contributed by atoms with Crippen LogP contribution in [0.5, 0.6) is 5.88 Å². The van der Waals surface area contributed by atoms with Gasteiger partial charge in [-0.15, -0.1) is 5.10 Å². The van der Waals surface area contributed by atoms with Crippen LogP contribution >= 0.6 is 0 Å². The number of aromatic nitrogens is 2. The molecule has 0 aromatic carbocycles. The van der Waals surface area contributed by atoms with E-state index in [1.54, 1.807) is 0 Å². The Morgan fingerprint density at radius 1 is 1.57 bits per heavy atom. The molecular weight excluding hydrogens is 184 g/mol. The Hall–Kier alpha value is -1.65. The van der Waals surface area contributed by atoms with Crippen LogP contribution in [0.15, 0.2) is 16.9 Å². The van der Waals surface area contributed by atoms with Gasteiger partial charge in [0.2, 0.25) is 5.88 Å². The van der Waals surface area contributed by atoms with E-state index in [0.29, 0.717) is 18.8 Å². The maximum Gasteiger partial charge on any atom is 0.266 e. The van der Waals surface area contributed by atoms with E-state index in [0.717, 1.165) is 0 Å². The summed E-state index contributed by atoms with van der Waals surface area (Å²) in [4.78, 5) is 21.9. The topological polar surface area (TPSA) is 61.2 Å². The lowest BCUT2D eigenvalue weighted by atomic mass is 10.3. The molecule has 0 atom stereocenters. The number of methoxy groups -OCH3 is 1. The molecule has 0 radical (unpaired) electrons. The molecule has 0 fully saturated rings. The highest BCUT2D eigenvalue weighted by Gasteiger charge is 2.01. The summed E-state index contributed by atoms with van der Waals surface area (Å²) in [5.41, 5.74) is -0.230. The van der Waals surface area contributed by atoms with Crippen LogP contribution in [0.2, 0.25) is 0 Å². The van der Waals surface area contributed by atoms with Gasteiger partial charge in [-0.2, -0.15) is 0 Å². The molecule has 0 N–H and O–H groups in total. The summed E-state index contributed by atoms with van der Waals surface area (Å²) in [6.45, 7) is 1.77. The molecular formula is C9H12N2O3. The fraction of sp³-hybridized carbons (Fsp3) is 0.444. The molecule has 0 aliphatic carbocycles. The summed E-state index contributed by atoms with van der Waals surface area (Å²) in [6.07, 6.45) is 0.306. The molecule has 0 saturated heterocycles. The van der Waals surface area contributed by atoms with E-state index in [-0.39, 0.29) is 11.3 Å². The van der Waals surface area contributed by atoms with Gasteiger partial charge in [0.05, 0.1) is 13.7 Å². The van der Waals surface area contributed by atoms with Gasteiger partial charge in [0.1, 0.15) is 5.78 Å². The number of carbonyl (C=O) groups is 1. The van der Waals surface area contributed by atoms with Crippen molar-refractivity contribution in [2.75, 3.05) is 7.11 Å². The minimum Gasteiger partial charge on any atom is -0.480 e. The smallest absolute Gasteiger partial charge is 0.266 e. The normalized spacial score (nSPS) is 9.86. The second-order valence-corrected chi connectivity index (χ2v) is 2.89. The number of ketones is 1. The van der Waals surface area contributed by atoms with Crippen molar-refractivity contribution in [3.63, 3.8) is 0 Å². The lowest BCUT2D eigenvalue weighted by Gasteiger charge is -2.04. The first kappa shape index (κ1) is 10.4. The maximum absolute atomic E-state index is 11.2. The molecule has 0 unspecified atom stereocenters. The van der Waals surface area contributed by atoms with Gasteiger partial charge >= 0.3 is 0 Å². The van der Waals surface area contributed by atoms with E-state index < -0.39 is 0 Å². The summed E-state index contributed by atoms with van der Waals surface area (Å²) in [5, 5.41) is 3.89. The summed E-state index contributed by atoms with van der Waals surface area (Å²) in [7, 11) is 1.47. The zero-order valence-corrected chi connectivity index (χ0v) is 8.19. The van der Waals surface area contributed by atoms with Gasteiger partial charge in [-0.1, -0.05) is 0 Å². The van der Waals surface area contributed by atoms with E-state index in [1.807, 2.05) is 0 Å². The van der Waals surface area contributed by atoms with Crippen molar-refractivity contribution in [1.29, 1.82) is 0 Å². The molecule has 0 spiro atoms. The lowest BCUT2D eigenvalue weighted by Crippen LogP contribution is -2.23. The molecule has 76 valence electrons. The van der Waals surface area contributed by atoms with Gasteiger partial charge in [-0.05, 0) is 6.92 Å². The van der Waals surface area contributed by atoms with Gasteiger partial charge in [-0.3, -0.25) is 9.59 Å². The first-order valence-electron chi connectivity index (χ1n) is 4.25. The fourth-order valence-electron chi connectivity index (χ4n) is 0.963. The molecule has 5 nitrogen and oxygen atoms in total. The summed E-state index contributed by atoms with van der Waals surface area (Å²) < 4.78 is 6.08. The number of carbonyl (C=O) groups excluding carboxylic acids is 1. The summed E-state index contributed by atoms with van der Waals surface area (Å²) in [5.74, 6) is 0.398. The third kappa shape index (κ3) is 2.69. The molecule has 0 amide bonds. The van der Waals surface area contributed by atoms with Crippen molar-refractivity contribution in [1.82, 2.24) is 9.78 Å². The second-order valence-electron chi connectivity index (χ2n) is 2.89. The Kier molecular flexibility index (Phi) is 3.39. The maximum atomic E-state index is 11.2. The standard InChI is InChI=1S/C9H12N2O3/c1-7(12)5-6-11-9(13)4-3-8(10-11)14-2/h3-4H,5-6H2,1-2H3. The Morgan fingerprint density at radius 3 is 2.86 bits per heavy atom. The van der Waals surface area contributed by atoms with Crippen LogP contribution in [-0.4, -0.2) is 22.7 Å². The van der Waals surface area contributed by atoms with Crippen molar-refractivity contribution in [2.45, 2.75) is 19.9 Å². The van der Waals surface area contributed by atoms with E-state index in [9.17, 15) is 9.59 Å². The zero-order chi connectivity index (χ0) is 10.6. The Morgan fingerprint density at radius 2 is 2.29 bits per heavy atom. The average Bonchev–Trinajstić information content (AvgIpc) is 2.16. The lowest BCUT2D eigenvalue weighted by molar-refractivity contribution is -0.117. The minimum atomic E-state index is -0.230. The van der Waals surface area contributed by atoms with Gasteiger partial charge < -0.3 is 4.74 Å². The van der Waals surface area contributed by atoms with Crippen LogP contribution in [0, 0.1) is 0 Å². The molecule has 0 saturated carbocycles. The van der Waals surface area contributed by atoms with Crippen molar-refractivity contribution in [2.24, 2.45) is 0 Å². The van der Waals surface area contributed by atoms with Crippen LogP contribution in [0.1, 0.15) is 13.3 Å². The molecule has 5 heteroatoms. The highest BCUT2D eigenvalue weighted by Crippen LogP contribution is 1.99. The van der Waals surface area contributed by atoms with E-state index in [2.05, 4.69) is 5.10 Å². The van der Waals surface area contributed by atoms with E-state index in [1.165, 1.54) is 30.8 Å². The second kappa shape index (κ2) is 4.55. The van der Waals surface area contributed by atoms with Crippen molar-refractivity contribution in [3.05, 3.63) is 22.5 Å². The third-order valence-corrected chi connectivity index (χ3v) is 1.73.